The number of nitrogens with zero attached hydrogens (tertiary/aromatic N) is 4. The van der Waals surface area contributed by atoms with Crippen LogP contribution < -0.4 is 5.32 Å². The first-order chi connectivity index (χ1) is 20.0. The quantitative estimate of drug-likeness (QED) is 0.260. The first-order valence-corrected chi connectivity index (χ1v) is 13.9. The number of halogens is 3. The van der Waals surface area contributed by atoms with Crippen molar-refractivity contribution in [3.05, 3.63) is 66.4 Å². The van der Waals surface area contributed by atoms with E-state index in [1.54, 1.807) is 65.8 Å². The average molecular weight is 598 g/mol. The molecule has 0 fully saturated rings. The van der Waals surface area contributed by atoms with Crippen molar-refractivity contribution in [1.29, 1.82) is 0 Å². The lowest BCUT2D eigenvalue weighted by molar-refractivity contribution is -0.141. The van der Waals surface area contributed by atoms with Crippen LogP contribution in [-0.4, -0.2) is 55.3 Å². The van der Waals surface area contributed by atoms with Gasteiger partial charge in [-0.1, -0.05) is 24.3 Å². The second-order valence-corrected chi connectivity index (χ2v) is 12.4. The SMILES string of the molecule is CC(C)(C)OC(=O)N1CCC=C(Nc2cc(-c3cn(C(=O)OC(C)(C)C)c4ccccc34)c(C(F)(F)F)n3ccnc23)C1. The Kier molecular flexibility index (Phi) is 7.43. The van der Waals surface area contributed by atoms with Gasteiger partial charge in [-0.05, 0) is 60.1 Å². The molecule has 1 aliphatic rings. The van der Waals surface area contributed by atoms with Crippen molar-refractivity contribution in [1.82, 2.24) is 18.9 Å². The minimum absolute atomic E-state index is 0.0576. The molecular weight excluding hydrogens is 563 g/mol. The number of imidazole rings is 1. The van der Waals surface area contributed by atoms with Crippen molar-refractivity contribution >= 4 is 34.4 Å². The van der Waals surface area contributed by atoms with Gasteiger partial charge in [-0.25, -0.2) is 14.6 Å². The molecule has 228 valence electrons. The highest BCUT2D eigenvalue weighted by Crippen LogP contribution is 2.43. The Morgan fingerprint density at radius 3 is 2.30 bits per heavy atom. The number of hydrogen-bond donors (Lipinski definition) is 1. The number of para-hydroxylation sites is 1. The number of amides is 1. The van der Waals surface area contributed by atoms with Gasteiger partial charge >= 0.3 is 18.4 Å². The van der Waals surface area contributed by atoms with Crippen LogP contribution in [0.1, 0.15) is 53.7 Å². The number of anilines is 1. The summed E-state index contributed by atoms with van der Waals surface area (Å²) in [6, 6.07) is 8.11. The topological polar surface area (TPSA) is 90.1 Å². The first kappa shape index (κ1) is 30.0. The normalized spacial score (nSPS) is 14.6. The van der Waals surface area contributed by atoms with Gasteiger partial charge < -0.3 is 19.7 Å². The lowest BCUT2D eigenvalue weighted by Crippen LogP contribution is -2.40. The molecule has 12 heteroatoms. The number of benzene rings is 1. The summed E-state index contributed by atoms with van der Waals surface area (Å²) in [4.78, 5) is 31.6. The summed E-state index contributed by atoms with van der Waals surface area (Å²) in [6.07, 6.45) is 0.400. The Morgan fingerprint density at radius 1 is 0.953 bits per heavy atom. The molecule has 0 unspecified atom stereocenters. The van der Waals surface area contributed by atoms with E-state index >= 15 is 0 Å². The zero-order valence-electron chi connectivity index (χ0n) is 24.9. The molecule has 9 nitrogen and oxygen atoms in total. The van der Waals surface area contributed by atoms with E-state index < -0.39 is 35.3 Å². The summed E-state index contributed by atoms with van der Waals surface area (Å²) in [5, 5.41) is 3.66. The van der Waals surface area contributed by atoms with Crippen LogP contribution in [0.3, 0.4) is 0 Å². The molecule has 1 aromatic carbocycles. The molecule has 0 saturated heterocycles. The van der Waals surface area contributed by atoms with Crippen LogP contribution in [0.2, 0.25) is 0 Å². The van der Waals surface area contributed by atoms with E-state index in [4.69, 9.17) is 9.47 Å². The Morgan fingerprint density at radius 2 is 1.63 bits per heavy atom. The van der Waals surface area contributed by atoms with Crippen molar-refractivity contribution < 1.29 is 32.2 Å². The largest absolute Gasteiger partial charge is 0.444 e. The van der Waals surface area contributed by atoms with Gasteiger partial charge in [-0.15, -0.1) is 0 Å². The summed E-state index contributed by atoms with van der Waals surface area (Å²) >= 11 is 0. The number of ether oxygens (including phenoxy) is 2. The van der Waals surface area contributed by atoms with Gasteiger partial charge in [-0.3, -0.25) is 8.97 Å². The second kappa shape index (κ2) is 10.7. The molecular formula is C31H34F3N5O4. The summed E-state index contributed by atoms with van der Waals surface area (Å²) in [5.74, 6) is 0. The first-order valence-electron chi connectivity index (χ1n) is 13.9. The maximum atomic E-state index is 14.8. The molecule has 0 radical (unpaired) electrons. The Bertz CT molecular complexity index is 1740. The summed E-state index contributed by atoms with van der Waals surface area (Å²) in [5.41, 5.74) is -0.999. The van der Waals surface area contributed by atoms with Crippen LogP contribution >= 0.6 is 0 Å². The van der Waals surface area contributed by atoms with E-state index in [0.29, 0.717) is 35.3 Å². The highest BCUT2D eigenvalue weighted by molar-refractivity contribution is 6.02. The fraction of sp³-hybridized carbons (Fsp3) is 0.387. The van der Waals surface area contributed by atoms with Crippen molar-refractivity contribution in [2.45, 2.75) is 65.3 Å². The predicted molar refractivity (Wildman–Crippen MR) is 157 cm³/mol. The van der Waals surface area contributed by atoms with Crippen molar-refractivity contribution in [2.75, 3.05) is 18.4 Å². The number of alkyl halides is 3. The molecule has 1 amide bonds. The number of nitrogens with one attached hydrogen (secondary N) is 1. The van der Waals surface area contributed by atoms with Crippen molar-refractivity contribution in [3.63, 3.8) is 0 Å². The summed E-state index contributed by atoms with van der Waals surface area (Å²) in [7, 11) is 0. The number of hydrogen-bond acceptors (Lipinski definition) is 6. The molecule has 0 saturated carbocycles. The maximum Gasteiger partial charge on any atom is 0.432 e. The number of rotatable bonds is 3. The van der Waals surface area contributed by atoms with Crippen molar-refractivity contribution in [2.24, 2.45) is 0 Å². The number of pyridine rings is 1. The molecule has 0 aliphatic carbocycles. The Labute approximate surface area is 246 Å². The minimum Gasteiger partial charge on any atom is -0.444 e. The standard InChI is InChI=1S/C31H34F3N5O4/c1-29(2,3)42-27(40)37-14-9-10-19(17-37)36-23-16-21(25(31(32,33)34)38-15-13-35-26(23)38)22-18-39(28(41)43-30(4,5)6)24-12-8-7-11-20(22)24/h7-8,10-13,15-16,18,36H,9,14,17H2,1-6H3. The molecule has 4 aromatic rings. The average Bonchev–Trinajstić information content (AvgIpc) is 3.51. The lowest BCUT2D eigenvalue weighted by Gasteiger charge is -2.30. The highest BCUT2D eigenvalue weighted by Gasteiger charge is 2.39. The predicted octanol–water partition coefficient (Wildman–Crippen LogP) is 7.69. The van der Waals surface area contributed by atoms with Gasteiger partial charge in [0.25, 0.3) is 0 Å². The Balaban J connectivity index is 1.63. The monoisotopic (exact) mass is 597 g/mol. The fourth-order valence-corrected chi connectivity index (χ4v) is 5.02. The second-order valence-electron chi connectivity index (χ2n) is 12.4. The number of carbonyl (C=O) groups is 2. The van der Waals surface area contributed by atoms with Crippen LogP contribution in [0.15, 0.2) is 60.7 Å². The van der Waals surface area contributed by atoms with Crippen LogP contribution in [0.25, 0.3) is 27.7 Å². The van der Waals surface area contributed by atoms with Crippen LogP contribution in [0.4, 0.5) is 28.4 Å². The van der Waals surface area contributed by atoms with Crippen LogP contribution in [0, 0.1) is 0 Å². The van der Waals surface area contributed by atoms with Gasteiger partial charge in [0.2, 0.25) is 0 Å². The van der Waals surface area contributed by atoms with Gasteiger partial charge in [-0.2, -0.15) is 13.2 Å². The molecule has 0 spiro atoms. The van der Waals surface area contributed by atoms with Gasteiger partial charge in [0, 0.05) is 47.3 Å². The highest BCUT2D eigenvalue weighted by atomic mass is 19.4. The number of fused-ring (bicyclic) bond motifs is 2. The Hall–Kier alpha value is -4.48. The third kappa shape index (κ3) is 6.32. The van der Waals surface area contributed by atoms with Gasteiger partial charge in [0.1, 0.15) is 16.9 Å². The zero-order valence-corrected chi connectivity index (χ0v) is 24.9. The number of aromatic nitrogens is 3. The van der Waals surface area contributed by atoms with E-state index in [1.807, 2.05) is 6.08 Å². The molecule has 0 bridgehead atoms. The lowest BCUT2D eigenvalue weighted by atomic mass is 10.0. The molecule has 43 heavy (non-hydrogen) atoms. The number of carbonyl (C=O) groups excluding carboxylic acids is 2. The zero-order chi connectivity index (χ0) is 31.3. The summed E-state index contributed by atoms with van der Waals surface area (Å²) < 4.78 is 57.5. The third-order valence-electron chi connectivity index (χ3n) is 6.63. The van der Waals surface area contributed by atoms with Gasteiger partial charge in [0.15, 0.2) is 5.65 Å². The van der Waals surface area contributed by atoms with E-state index in [9.17, 15) is 22.8 Å². The molecule has 0 atom stereocenters. The van der Waals surface area contributed by atoms with Crippen LogP contribution in [-0.2, 0) is 15.7 Å². The molecule has 4 heterocycles. The van der Waals surface area contributed by atoms with Gasteiger partial charge in [0.05, 0.1) is 17.7 Å². The molecule has 1 aliphatic heterocycles. The van der Waals surface area contributed by atoms with Crippen molar-refractivity contribution in [3.8, 4) is 11.1 Å². The van der Waals surface area contributed by atoms with E-state index in [2.05, 4.69) is 10.3 Å². The molecule has 3 aromatic heterocycles. The minimum atomic E-state index is -4.76. The third-order valence-corrected chi connectivity index (χ3v) is 6.63. The fourth-order valence-electron chi connectivity index (χ4n) is 5.02. The van der Waals surface area contributed by atoms with E-state index in [-0.39, 0.29) is 23.3 Å². The maximum absolute atomic E-state index is 14.8. The van der Waals surface area contributed by atoms with E-state index in [0.717, 1.165) is 4.40 Å². The smallest absolute Gasteiger partial charge is 0.432 e. The summed E-state index contributed by atoms with van der Waals surface area (Å²) in [6.45, 7) is 11.1. The molecule has 1 N–H and O–H groups in total. The van der Waals surface area contributed by atoms with E-state index in [1.165, 1.54) is 34.1 Å². The van der Waals surface area contributed by atoms with Crippen LogP contribution in [0.5, 0.6) is 0 Å². The molecule has 5 rings (SSSR count).